The molecule has 0 atom stereocenters. The van der Waals surface area contributed by atoms with Crippen molar-refractivity contribution in [2.45, 2.75) is 0 Å². The molecular formula is C9H9N5O3. The molecule has 0 saturated heterocycles. The summed E-state index contributed by atoms with van der Waals surface area (Å²) >= 11 is 0. The molecule has 6 N–H and O–H groups in total. The zero-order valence-electron chi connectivity index (χ0n) is 8.56. The Morgan fingerprint density at radius 1 is 1.18 bits per heavy atom. The van der Waals surface area contributed by atoms with Gasteiger partial charge in [-0.1, -0.05) is 6.07 Å². The van der Waals surface area contributed by atoms with Crippen molar-refractivity contribution in [2.24, 2.45) is 11.7 Å². The van der Waals surface area contributed by atoms with E-state index in [0.29, 0.717) is 5.58 Å². The van der Waals surface area contributed by atoms with Gasteiger partial charge in [-0.15, -0.1) is 0 Å². The maximum absolute atomic E-state index is 11.4. The number of aromatic nitrogens is 1. The van der Waals surface area contributed by atoms with Crippen LogP contribution in [0.2, 0.25) is 0 Å². The number of hydrazine groups is 2. The van der Waals surface area contributed by atoms with Crippen molar-refractivity contribution in [3.8, 4) is 0 Å². The van der Waals surface area contributed by atoms with Crippen LogP contribution in [0.4, 0.5) is 0 Å². The van der Waals surface area contributed by atoms with E-state index in [1.807, 2.05) is 10.9 Å². The predicted molar refractivity (Wildman–Crippen MR) is 57.3 cm³/mol. The van der Waals surface area contributed by atoms with E-state index in [9.17, 15) is 9.59 Å². The standard InChI is InChI=1S/C9H9N5O3/c10-13-7(15)4-2-1-3-5-6(4)12-9(17-5)8(16)14-11/h1-3H,10-11H2,(H,13,15)(H,14,16). The van der Waals surface area contributed by atoms with E-state index in [1.54, 1.807) is 12.1 Å². The summed E-state index contributed by atoms with van der Waals surface area (Å²) in [6, 6.07) is 4.67. The fourth-order valence-corrected chi connectivity index (χ4v) is 1.37. The molecule has 0 spiro atoms. The number of hydrogen-bond acceptors (Lipinski definition) is 6. The van der Waals surface area contributed by atoms with Gasteiger partial charge in [0.2, 0.25) is 0 Å². The van der Waals surface area contributed by atoms with Gasteiger partial charge in [0.1, 0.15) is 5.52 Å². The van der Waals surface area contributed by atoms with Gasteiger partial charge in [-0.2, -0.15) is 0 Å². The number of para-hydroxylation sites is 1. The maximum atomic E-state index is 11.4. The number of fused-ring (bicyclic) bond motifs is 1. The first-order valence-electron chi connectivity index (χ1n) is 4.59. The average molecular weight is 235 g/mol. The number of nitrogens with two attached hydrogens (primary N) is 2. The molecule has 17 heavy (non-hydrogen) atoms. The second-order valence-electron chi connectivity index (χ2n) is 3.12. The molecule has 2 amide bonds. The van der Waals surface area contributed by atoms with Crippen LogP contribution >= 0.6 is 0 Å². The van der Waals surface area contributed by atoms with Crippen LogP contribution in [0, 0.1) is 0 Å². The number of amides is 2. The van der Waals surface area contributed by atoms with E-state index in [0.717, 1.165) is 0 Å². The number of nitrogens with one attached hydrogen (secondary N) is 2. The molecule has 2 rings (SSSR count). The summed E-state index contributed by atoms with van der Waals surface area (Å²) in [6.07, 6.45) is 0. The Bertz CT molecular complexity index is 591. The Balaban J connectivity index is 2.60. The smallest absolute Gasteiger partial charge is 0.321 e. The maximum Gasteiger partial charge on any atom is 0.321 e. The molecule has 8 heteroatoms. The van der Waals surface area contributed by atoms with Crippen LogP contribution < -0.4 is 22.5 Å². The third-order valence-corrected chi connectivity index (χ3v) is 2.12. The van der Waals surface area contributed by atoms with Crippen LogP contribution in [0.3, 0.4) is 0 Å². The van der Waals surface area contributed by atoms with Gasteiger partial charge < -0.3 is 4.42 Å². The molecule has 0 fully saturated rings. The largest absolute Gasteiger partial charge is 0.432 e. The summed E-state index contributed by atoms with van der Waals surface area (Å²) in [5, 5.41) is 0. The van der Waals surface area contributed by atoms with Gasteiger partial charge >= 0.3 is 5.91 Å². The van der Waals surface area contributed by atoms with Crippen molar-refractivity contribution in [3.63, 3.8) is 0 Å². The van der Waals surface area contributed by atoms with Crippen LogP contribution in [0.25, 0.3) is 11.1 Å². The lowest BCUT2D eigenvalue weighted by molar-refractivity contribution is 0.0919. The number of nitrogens with zero attached hydrogens (tertiary/aromatic N) is 1. The van der Waals surface area contributed by atoms with Crippen molar-refractivity contribution in [3.05, 3.63) is 29.7 Å². The molecule has 1 heterocycles. The van der Waals surface area contributed by atoms with E-state index in [2.05, 4.69) is 4.98 Å². The summed E-state index contributed by atoms with van der Waals surface area (Å²) < 4.78 is 5.13. The van der Waals surface area contributed by atoms with E-state index in [-0.39, 0.29) is 17.0 Å². The molecule has 0 aliphatic carbocycles. The number of carbonyl (C=O) groups excluding carboxylic acids is 2. The Kier molecular flexibility index (Phi) is 2.73. The van der Waals surface area contributed by atoms with Crippen molar-refractivity contribution in [1.29, 1.82) is 0 Å². The van der Waals surface area contributed by atoms with Gasteiger partial charge in [0.15, 0.2) is 5.58 Å². The molecule has 2 aromatic rings. The number of oxazole rings is 1. The molecule has 8 nitrogen and oxygen atoms in total. The first-order chi connectivity index (χ1) is 8.17. The van der Waals surface area contributed by atoms with Crippen LogP contribution in [-0.4, -0.2) is 16.8 Å². The lowest BCUT2D eigenvalue weighted by Gasteiger charge is -1.98. The minimum atomic E-state index is -0.680. The van der Waals surface area contributed by atoms with Gasteiger partial charge in [-0.3, -0.25) is 20.4 Å². The predicted octanol–water partition coefficient (Wildman–Crippen LogP) is -0.965. The molecule has 0 unspecified atom stereocenters. The van der Waals surface area contributed by atoms with Crippen molar-refractivity contribution < 1.29 is 14.0 Å². The molecule has 88 valence electrons. The SMILES string of the molecule is NNC(=O)c1nc2c(C(=O)NN)cccc2o1. The summed E-state index contributed by atoms with van der Waals surface area (Å²) in [4.78, 5) is 26.5. The molecule has 1 aromatic carbocycles. The molecule has 0 radical (unpaired) electrons. The monoisotopic (exact) mass is 235 g/mol. The zero-order chi connectivity index (χ0) is 12.4. The third-order valence-electron chi connectivity index (χ3n) is 2.12. The minimum absolute atomic E-state index is 0.213. The highest BCUT2D eigenvalue weighted by atomic mass is 16.4. The van der Waals surface area contributed by atoms with Crippen LogP contribution in [-0.2, 0) is 0 Å². The van der Waals surface area contributed by atoms with Gasteiger partial charge in [0.25, 0.3) is 11.8 Å². The normalized spacial score (nSPS) is 10.2. The molecule has 0 bridgehead atoms. The van der Waals surface area contributed by atoms with Gasteiger partial charge in [0, 0.05) is 0 Å². The van der Waals surface area contributed by atoms with E-state index in [4.69, 9.17) is 16.1 Å². The lowest BCUT2D eigenvalue weighted by atomic mass is 10.2. The van der Waals surface area contributed by atoms with Crippen LogP contribution in [0.15, 0.2) is 22.6 Å². The zero-order valence-corrected chi connectivity index (χ0v) is 8.56. The number of nitrogen functional groups attached to an aromatic ring is 2. The van der Waals surface area contributed by atoms with Crippen molar-refractivity contribution >= 4 is 22.9 Å². The quantitative estimate of drug-likeness (QED) is 0.300. The third kappa shape index (κ3) is 1.82. The second kappa shape index (κ2) is 4.20. The van der Waals surface area contributed by atoms with Crippen molar-refractivity contribution in [1.82, 2.24) is 15.8 Å². The highest BCUT2D eigenvalue weighted by Crippen LogP contribution is 2.19. The fourth-order valence-electron chi connectivity index (χ4n) is 1.37. The number of hydrogen-bond donors (Lipinski definition) is 4. The molecule has 1 aromatic heterocycles. The number of benzene rings is 1. The van der Waals surface area contributed by atoms with Crippen LogP contribution in [0.1, 0.15) is 21.0 Å². The molecule has 0 aliphatic heterocycles. The Morgan fingerprint density at radius 3 is 2.53 bits per heavy atom. The second-order valence-corrected chi connectivity index (χ2v) is 3.12. The highest BCUT2D eigenvalue weighted by Gasteiger charge is 2.17. The summed E-state index contributed by atoms with van der Waals surface area (Å²) in [5.74, 6) is 8.55. The molecule has 0 saturated carbocycles. The van der Waals surface area contributed by atoms with Gasteiger partial charge in [-0.25, -0.2) is 16.7 Å². The Morgan fingerprint density at radius 2 is 1.88 bits per heavy atom. The van der Waals surface area contributed by atoms with E-state index in [1.165, 1.54) is 6.07 Å². The summed E-state index contributed by atoms with van der Waals surface area (Å²) in [6.45, 7) is 0. The van der Waals surface area contributed by atoms with Crippen LogP contribution in [0.5, 0.6) is 0 Å². The lowest BCUT2D eigenvalue weighted by Crippen LogP contribution is -2.30. The highest BCUT2D eigenvalue weighted by molar-refractivity contribution is 6.05. The van der Waals surface area contributed by atoms with Gasteiger partial charge in [-0.05, 0) is 12.1 Å². The van der Waals surface area contributed by atoms with E-state index >= 15 is 0 Å². The topological polar surface area (TPSA) is 136 Å². The van der Waals surface area contributed by atoms with Gasteiger partial charge in [0.05, 0.1) is 5.56 Å². The number of carbonyl (C=O) groups is 2. The first-order valence-corrected chi connectivity index (χ1v) is 4.59. The summed E-state index contributed by atoms with van der Waals surface area (Å²) in [5.41, 5.74) is 4.62. The Hall–Kier alpha value is -2.45. The van der Waals surface area contributed by atoms with Crippen molar-refractivity contribution in [2.75, 3.05) is 0 Å². The molecular weight excluding hydrogens is 226 g/mol. The average Bonchev–Trinajstić information content (AvgIpc) is 2.80. The first kappa shape index (κ1) is 11.0. The van der Waals surface area contributed by atoms with E-state index < -0.39 is 11.8 Å². The Labute approximate surface area is 94.9 Å². The summed E-state index contributed by atoms with van der Waals surface area (Å²) in [7, 11) is 0. The minimum Gasteiger partial charge on any atom is -0.432 e. The fraction of sp³-hybridized carbons (Fsp3) is 0. The number of rotatable bonds is 2. The molecule has 0 aliphatic rings.